The van der Waals surface area contributed by atoms with E-state index < -0.39 is 5.60 Å². The van der Waals surface area contributed by atoms with Crippen LogP contribution in [-0.2, 0) is 9.47 Å². The normalized spacial score (nSPS) is 18.4. The summed E-state index contributed by atoms with van der Waals surface area (Å²) in [6.45, 7) is 6.36. The number of nitrogens with zero attached hydrogens (tertiary/aromatic N) is 3. The van der Waals surface area contributed by atoms with Crippen molar-refractivity contribution in [2.75, 3.05) is 18.6 Å². The Labute approximate surface area is 161 Å². The van der Waals surface area contributed by atoms with Gasteiger partial charge in [-0.25, -0.2) is 9.48 Å². The number of carbonyl (C=O) groups excluding carboxylic acids is 1. The van der Waals surface area contributed by atoms with Crippen molar-refractivity contribution in [3.05, 3.63) is 21.9 Å². The van der Waals surface area contributed by atoms with Crippen LogP contribution in [0.3, 0.4) is 0 Å². The van der Waals surface area contributed by atoms with Gasteiger partial charge < -0.3 is 9.47 Å². The standard InChI is InChI=1S/C18H24IN3O3/c1-18(2,3)25-17(23)21(4)12-8-9-14-13(11-12)16(19)20-22(14)15-7-5-6-10-24-15/h8-9,11,15H,5-7,10H2,1-4H3. The molecule has 0 spiro atoms. The van der Waals surface area contributed by atoms with Gasteiger partial charge in [0.25, 0.3) is 0 Å². The molecule has 0 saturated carbocycles. The number of anilines is 1. The number of rotatable bonds is 2. The van der Waals surface area contributed by atoms with E-state index in [0.29, 0.717) is 0 Å². The van der Waals surface area contributed by atoms with Crippen LogP contribution in [0.15, 0.2) is 18.2 Å². The van der Waals surface area contributed by atoms with Crippen LogP contribution in [0.4, 0.5) is 10.5 Å². The molecule has 25 heavy (non-hydrogen) atoms. The van der Waals surface area contributed by atoms with Crippen molar-refractivity contribution in [3.8, 4) is 0 Å². The van der Waals surface area contributed by atoms with Crippen molar-refractivity contribution in [2.45, 2.75) is 51.9 Å². The average molecular weight is 457 g/mol. The molecule has 2 heterocycles. The average Bonchev–Trinajstić information content (AvgIpc) is 2.90. The second kappa shape index (κ2) is 7.11. The van der Waals surface area contributed by atoms with Crippen LogP contribution in [0.25, 0.3) is 10.9 Å². The molecule has 0 radical (unpaired) electrons. The molecular weight excluding hydrogens is 433 g/mol. The molecule has 0 aliphatic carbocycles. The zero-order valence-corrected chi connectivity index (χ0v) is 17.2. The number of amides is 1. The summed E-state index contributed by atoms with van der Waals surface area (Å²) in [5, 5.41) is 5.68. The monoisotopic (exact) mass is 457 g/mol. The fraction of sp³-hybridized carbons (Fsp3) is 0.556. The van der Waals surface area contributed by atoms with E-state index in [4.69, 9.17) is 9.47 Å². The summed E-state index contributed by atoms with van der Waals surface area (Å²) in [7, 11) is 1.72. The maximum atomic E-state index is 12.3. The predicted octanol–water partition coefficient (Wildman–Crippen LogP) is 4.71. The number of halogens is 1. The van der Waals surface area contributed by atoms with Gasteiger partial charge in [0.15, 0.2) is 6.23 Å². The Balaban J connectivity index is 1.90. The Hall–Kier alpha value is -1.35. The highest BCUT2D eigenvalue weighted by atomic mass is 127. The summed E-state index contributed by atoms with van der Waals surface area (Å²) in [4.78, 5) is 13.8. The lowest BCUT2D eigenvalue weighted by molar-refractivity contribution is -0.0368. The first kappa shape index (κ1) is 18.4. The Morgan fingerprint density at radius 3 is 2.80 bits per heavy atom. The fourth-order valence-electron chi connectivity index (χ4n) is 2.87. The van der Waals surface area contributed by atoms with Crippen LogP contribution in [0.5, 0.6) is 0 Å². The number of benzene rings is 1. The quantitative estimate of drug-likeness (QED) is 0.613. The predicted molar refractivity (Wildman–Crippen MR) is 106 cm³/mol. The summed E-state index contributed by atoms with van der Waals surface area (Å²) in [5.41, 5.74) is 1.29. The minimum Gasteiger partial charge on any atom is -0.443 e. The van der Waals surface area contributed by atoms with Crippen LogP contribution in [0.2, 0.25) is 0 Å². The fourth-order valence-corrected chi connectivity index (χ4v) is 3.54. The molecule has 3 rings (SSSR count). The van der Waals surface area contributed by atoms with Crippen molar-refractivity contribution in [2.24, 2.45) is 0 Å². The SMILES string of the molecule is CN(C(=O)OC(C)(C)C)c1ccc2c(c1)c(I)nn2C1CCCCO1. The first-order valence-corrected chi connectivity index (χ1v) is 9.60. The molecule has 0 bridgehead atoms. The Morgan fingerprint density at radius 1 is 1.40 bits per heavy atom. The van der Waals surface area contributed by atoms with Gasteiger partial charge in [0.2, 0.25) is 0 Å². The van der Waals surface area contributed by atoms with E-state index in [0.717, 1.165) is 46.2 Å². The summed E-state index contributed by atoms with van der Waals surface area (Å²) >= 11 is 2.23. The minimum atomic E-state index is -0.521. The van der Waals surface area contributed by atoms with E-state index in [1.165, 1.54) is 4.90 Å². The summed E-state index contributed by atoms with van der Waals surface area (Å²) in [5.74, 6) is 0. The van der Waals surface area contributed by atoms with Gasteiger partial charge in [0.05, 0.1) is 5.52 Å². The van der Waals surface area contributed by atoms with Gasteiger partial charge in [-0.15, -0.1) is 0 Å². The first-order valence-electron chi connectivity index (χ1n) is 8.52. The van der Waals surface area contributed by atoms with E-state index in [9.17, 15) is 4.79 Å². The Morgan fingerprint density at radius 2 is 2.16 bits per heavy atom. The topological polar surface area (TPSA) is 56.6 Å². The van der Waals surface area contributed by atoms with Crippen LogP contribution in [0, 0.1) is 3.70 Å². The third-order valence-corrected chi connectivity index (χ3v) is 4.92. The molecule has 1 aromatic carbocycles. The first-order chi connectivity index (χ1) is 11.8. The molecule has 1 unspecified atom stereocenters. The summed E-state index contributed by atoms with van der Waals surface area (Å²) < 4.78 is 14.2. The van der Waals surface area contributed by atoms with Gasteiger partial charge in [-0.2, -0.15) is 5.10 Å². The molecule has 136 valence electrons. The van der Waals surface area contributed by atoms with Crippen molar-refractivity contribution < 1.29 is 14.3 Å². The second-order valence-electron chi connectivity index (χ2n) is 7.30. The molecule has 1 aliphatic heterocycles. The van der Waals surface area contributed by atoms with Crippen molar-refractivity contribution in [3.63, 3.8) is 0 Å². The highest BCUT2D eigenvalue weighted by Gasteiger charge is 2.23. The molecular formula is C18H24IN3O3. The number of ether oxygens (including phenoxy) is 2. The zero-order valence-electron chi connectivity index (χ0n) is 15.1. The Kier molecular flexibility index (Phi) is 5.24. The number of carbonyl (C=O) groups is 1. The third kappa shape index (κ3) is 4.08. The third-order valence-electron chi connectivity index (χ3n) is 4.13. The molecule has 1 aromatic heterocycles. The lowest BCUT2D eigenvalue weighted by atomic mass is 10.2. The molecule has 7 heteroatoms. The molecule has 1 aliphatic rings. The molecule has 1 fully saturated rings. The highest BCUT2D eigenvalue weighted by molar-refractivity contribution is 14.1. The van der Waals surface area contributed by atoms with Crippen molar-refractivity contribution in [1.82, 2.24) is 9.78 Å². The Bertz CT molecular complexity index is 776. The maximum Gasteiger partial charge on any atom is 0.414 e. The minimum absolute atomic E-state index is 0.00537. The van der Waals surface area contributed by atoms with Crippen LogP contribution < -0.4 is 4.90 Å². The van der Waals surface area contributed by atoms with Crippen LogP contribution in [0.1, 0.15) is 46.3 Å². The molecule has 1 atom stereocenters. The van der Waals surface area contributed by atoms with Gasteiger partial charge in [0, 0.05) is 24.7 Å². The summed E-state index contributed by atoms with van der Waals surface area (Å²) in [6, 6.07) is 5.90. The van der Waals surface area contributed by atoms with E-state index in [1.807, 2.05) is 43.7 Å². The molecule has 1 amide bonds. The van der Waals surface area contributed by atoms with Crippen molar-refractivity contribution in [1.29, 1.82) is 0 Å². The van der Waals surface area contributed by atoms with E-state index in [2.05, 4.69) is 27.7 Å². The van der Waals surface area contributed by atoms with Crippen LogP contribution in [-0.4, -0.2) is 35.1 Å². The number of fused-ring (bicyclic) bond motifs is 1. The van der Waals surface area contributed by atoms with Crippen molar-refractivity contribution >= 4 is 45.3 Å². The highest BCUT2D eigenvalue weighted by Crippen LogP contribution is 2.31. The van der Waals surface area contributed by atoms with Gasteiger partial charge in [-0.3, -0.25) is 4.90 Å². The number of hydrogen-bond acceptors (Lipinski definition) is 4. The van der Waals surface area contributed by atoms with E-state index >= 15 is 0 Å². The summed E-state index contributed by atoms with van der Waals surface area (Å²) in [6.07, 6.45) is 2.87. The van der Waals surface area contributed by atoms with Gasteiger partial charge in [-0.05, 0) is 80.8 Å². The zero-order chi connectivity index (χ0) is 18.2. The lowest BCUT2D eigenvalue weighted by Crippen LogP contribution is -2.34. The van der Waals surface area contributed by atoms with Crippen LogP contribution >= 0.6 is 22.6 Å². The van der Waals surface area contributed by atoms with Gasteiger partial charge in [0.1, 0.15) is 9.30 Å². The lowest BCUT2D eigenvalue weighted by Gasteiger charge is -2.25. The maximum absolute atomic E-state index is 12.3. The largest absolute Gasteiger partial charge is 0.443 e. The smallest absolute Gasteiger partial charge is 0.414 e. The van der Waals surface area contributed by atoms with E-state index in [-0.39, 0.29) is 12.3 Å². The van der Waals surface area contributed by atoms with E-state index in [1.54, 1.807) is 7.05 Å². The molecule has 1 saturated heterocycles. The molecule has 2 aromatic rings. The molecule has 6 nitrogen and oxygen atoms in total. The molecule has 0 N–H and O–H groups in total. The number of aromatic nitrogens is 2. The van der Waals surface area contributed by atoms with Gasteiger partial charge in [-0.1, -0.05) is 0 Å². The number of hydrogen-bond donors (Lipinski definition) is 0. The van der Waals surface area contributed by atoms with Gasteiger partial charge >= 0.3 is 6.09 Å². The second-order valence-corrected chi connectivity index (χ2v) is 8.32.